The molecule has 2 rings (SSSR count). The van der Waals surface area contributed by atoms with Gasteiger partial charge in [0.05, 0.1) is 18.7 Å². The first-order valence-electron chi connectivity index (χ1n) is 7.54. The molecule has 0 aliphatic heterocycles. The zero-order valence-corrected chi connectivity index (χ0v) is 14.5. The van der Waals surface area contributed by atoms with Gasteiger partial charge in [-0.3, -0.25) is 4.79 Å². The molecule has 128 valence electrons. The highest BCUT2D eigenvalue weighted by atomic mass is 35.5. The second-order valence-corrected chi connectivity index (χ2v) is 5.66. The normalized spacial score (nSPS) is 10.4. The van der Waals surface area contributed by atoms with Crippen LogP contribution in [0.1, 0.15) is 29.3 Å². The molecule has 0 unspecified atom stereocenters. The predicted octanol–water partition coefficient (Wildman–Crippen LogP) is 4.84. The monoisotopic (exact) mass is 351 g/mol. The van der Waals surface area contributed by atoms with Gasteiger partial charge < -0.3 is 14.8 Å². The van der Waals surface area contributed by atoms with Gasteiger partial charge in [0.25, 0.3) is 5.91 Å². The number of benzene rings is 2. The first-order valence-corrected chi connectivity index (χ1v) is 7.92. The number of amides is 1. The van der Waals surface area contributed by atoms with Gasteiger partial charge in [0.15, 0.2) is 11.5 Å². The molecule has 0 saturated heterocycles. The van der Waals surface area contributed by atoms with Crippen molar-refractivity contribution in [2.24, 2.45) is 0 Å². The lowest BCUT2D eigenvalue weighted by molar-refractivity contribution is 0.102. The van der Waals surface area contributed by atoms with Crippen LogP contribution in [0.4, 0.5) is 10.1 Å². The van der Waals surface area contributed by atoms with E-state index in [0.29, 0.717) is 29.4 Å². The average molecular weight is 352 g/mol. The summed E-state index contributed by atoms with van der Waals surface area (Å²) in [6, 6.07) is 7.25. The third-order valence-electron chi connectivity index (χ3n) is 3.39. The van der Waals surface area contributed by atoms with E-state index in [4.69, 9.17) is 21.1 Å². The van der Waals surface area contributed by atoms with E-state index in [1.807, 2.05) is 6.92 Å². The number of carbonyl (C=O) groups is 1. The van der Waals surface area contributed by atoms with Crippen molar-refractivity contribution in [3.63, 3.8) is 0 Å². The van der Waals surface area contributed by atoms with Crippen LogP contribution in [0.25, 0.3) is 0 Å². The molecule has 0 aliphatic carbocycles. The fourth-order valence-electron chi connectivity index (χ4n) is 2.12. The van der Waals surface area contributed by atoms with Crippen LogP contribution in [-0.2, 0) is 0 Å². The second-order valence-electron chi connectivity index (χ2n) is 5.25. The molecule has 0 saturated carbocycles. The summed E-state index contributed by atoms with van der Waals surface area (Å²) in [4.78, 5) is 12.4. The van der Waals surface area contributed by atoms with Crippen molar-refractivity contribution in [1.82, 2.24) is 0 Å². The van der Waals surface area contributed by atoms with Gasteiger partial charge >= 0.3 is 0 Å². The standard InChI is InChI=1S/C18H19ClFNO3/c1-4-7-24-17-14(19)8-12(9-16(17)23-3)18(22)21-15-10-13(20)6-5-11(15)2/h5-6,8-10H,4,7H2,1-3H3,(H,21,22). The molecule has 2 aromatic rings. The number of ether oxygens (including phenoxy) is 2. The van der Waals surface area contributed by atoms with Crippen molar-refractivity contribution in [2.75, 3.05) is 19.0 Å². The van der Waals surface area contributed by atoms with Gasteiger partial charge in [-0.25, -0.2) is 4.39 Å². The highest BCUT2D eigenvalue weighted by Crippen LogP contribution is 2.36. The topological polar surface area (TPSA) is 47.6 Å². The lowest BCUT2D eigenvalue weighted by Crippen LogP contribution is -2.13. The Bertz CT molecular complexity index is 749. The molecule has 1 N–H and O–H groups in total. The number of hydrogen-bond acceptors (Lipinski definition) is 3. The third kappa shape index (κ3) is 4.17. The molecule has 0 radical (unpaired) electrons. The molecule has 0 bridgehead atoms. The number of carbonyl (C=O) groups excluding carboxylic acids is 1. The van der Waals surface area contributed by atoms with Crippen molar-refractivity contribution >= 4 is 23.2 Å². The molecular weight excluding hydrogens is 333 g/mol. The largest absolute Gasteiger partial charge is 0.493 e. The molecular formula is C18H19ClFNO3. The van der Waals surface area contributed by atoms with Gasteiger partial charge in [0, 0.05) is 11.3 Å². The molecule has 0 atom stereocenters. The van der Waals surface area contributed by atoms with Crippen LogP contribution in [-0.4, -0.2) is 19.6 Å². The first kappa shape index (κ1) is 18.1. The van der Waals surface area contributed by atoms with E-state index >= 15 is 0 Å². The zero-order chi connectivity index (χ0) is 17.7. The minimum atomic E-state index is -0.421. The fourth-order valence-corrected chi connectivity index (χ4v) is 2.38. The maximum Gasteiger partial charge on any atom is 0.255 e. The van der Waals surface area contributed by atoms with E-state index in [1.165, 1.54) is 25.3 Å². The van der Waals surface area contributed by atoms with Crippen molar-refractivity contribution in [1.29, 1.82) is 0 Å². The van der Waals surface area contributed by atoms with Gasteiger partial charge in [0.2, 0.25) is 0 Å². The van der Waals surface area contributed by atoms with Crippen molar-refractivity contribution < 1.29 is 18.7 Å². The van der Waals surface area contributed by atoms with Gasteiger partial charge in [-0.05, 0) is 43.2 Å². The van der Waals surface area contributed by atoms with E-state index in [9.17, 15) is 9.18 Å². The number of nitrogens with one attached hydrogen (secondary N) is 1. The molecule has 4 nitrogen and oxygen atoms in total. The molecule has 0 heterocycles. The minimum Gasteiger partial charge on any atom is -0.493 e. The molecule has 0 fully saturated rings. The molecule has 6 heteroatoms. The summed E-state index contributed by atoms with van der Waals surface area (Å²) >= 11 is 6.21. The SMILES string of the molecule is CCCOc1c(Cl)cc(C(=O)Nc2cc(F)ccc2C)cc1OC. The van der Waals surface area contributed by atoms with E-state index in [0.717, 1.165) is 12.0 Å². The van der Waals surface area contributed by atoms with Crippen LogP contribution in [0, 0.1) is 12.7 Å². The van der Waals surface area contributed by atoms with Gasteiger partial charge in [-0.1, -0.05) is 24.6 Å². The molecule has 24 heavy (non-hydrogen) atoms. The maximum atomic E-state index is 13.3. The Morgan fingerprint density at radius 2 is 2.04 bits per heavy atom. The lowest BCUT2D eigenvalue weighted by Gasteiger charge is -2.14. The van der Waals surface area contributed by atoms with E-state index in [-0.39, 0.29) is 5.02 Å². The zero-order valence-electron chi connectivity index (χ0n) is 13.8. The highest BCUT2D eigenvalue weighted by molar-refractivity contribution is 6.32. The second kappa shape index (κ2) is 8.02. The van der Waals surface area contributed by atoms with Crippen molar-refractivity contribution in [3.05, 3.63) is 52.3 Å². The van der Waals surface area contributed by atoms with Crippen LogP contribution in [0.5, 0.6) is 11.5 Å². The van der Waals surface area contributed by atoms with Crippen LogP contribution in [0.3, 0.4) is 0 Å². The van der Waals surface area contributed by atoms with Crippen LogP contribution < -0.4 is 14.8 Å². The number of methoxy groups -OCH3 is 1. The summed E-state index contributed by atoms with van der Waals surface area (Å²) in [5, 5.41) is 2.96. The number of hydrogen-bond donors (Lipinski definition) is 1. The molecule has 0 aliphatic rings. The van der Waals surface area contributed by atoms with Gasteiger partial charge in [-0.2, -0.15) is 0 Å². The lowest BCUT2D eigenvalue weighted by atomic mass is 10.1. The minimum absolute atomic E-state index is 0.281. The molecule has 2 aromatic carbocycles. The van der Waals surface area contributed by atoms with Crippen LogP contribution in [0.2, 0.25) is 5.02 Å². The molecule has 0 spiro atoms. The van der Waals surface area contributed by atoms with Crippen LogP contribution in [0.15, 0.2) is 30.3 Å². The summed E-state index contributed by atoms with van der Waals surface area (Å²) in [7, 11) is 1.48. The summed E-state index contributed by atoms with van der Waals surface area (Å²) < 4.78 is 24.2. The Labute approximate surface area is 145 Å². The van der Waals surface area contributed by atoms with E-state index in [2.05, 4.69) is 5.32 Å². The van der Waals surface area contributed by atoms with Crippen molar-refractivity contribution in [2.45, 2.75) is 20.3 Å². The number of aryl methyl sites for hydroxylation is 1. The van der Waals surface area contributed by atoms with Crippen molar-refractivity contribution in [3.8, 4) is 11.5 Å². The number of halogens is 2. The van der Waals surface area contributed by atoms with Crippen LogP contribution >= 0.6 is 11.6 Å². The van der Waals surface area contributed by atoms with Gasteiger partial charge in [-0.15, -0.1) is 0 Å². The quantitative estimate of drug-likeness (QED) is 0.810. The summed E-state index contributed by atoms with van der Waals surface area (Å²) in [5.41, 5.74) is 1.46. The highest BCUT2D eigenvalue weighted by Gasteiger charge is 2.16. The molecule has 1 amide bonds. The van der Waals surface area contributed by atoms with Gasteiger partial charge in [0.1, 0.15) is 5.82 Å². The Balaban J connectivity index is 2.29. The molecule has 0 aromatic heterocycles. The summed E-state index contributed by atoms with van der Waals surface area (Å²) in [6.45, 7) is 4.25. The maximum absolute atomic E-state index is 13.3. The Kier molecular flexibility index (Phi) is 6.04. The summed E-state index contributed by atoms with van der Waals surface area (Å²) in [5.74, 6) is -0.0580. The summed E-state index contributed by atoms with van der Waals surface area (Å²) in [6.07, 6.45) is 0.820. The Hall–Kier alpha value is -2.27. The predicted molar refractivity (Wildman–Crippen MR) is 92.9 cm³/mol. The number of rotatable bonds is 6. The smallest absolute Gasteiger partial charge is 0.255 e. The van der Waals surface area contributed by atoms with E-state index < -0.39 is 11.7 Å². The average Bonchev–Trinajstić information content (AvgIpc) is 2.56. The van der Waals surface area contributed by atoms with E-state index in [1.54, 1.807) is 19.1 Å². The Morgan fingerprint density at radius 1 is 1.29 bits per heavy atom. The third-order valence-corrected chi connectivity index (χ3v) is 3.67. The Morgan fingerprint density at radius 3 is 2.71 bits per heavy atom. The fraction of sp³-hybridized carbons (Fsp3) is 0.278. The number of anilines is 1. The first-order chi connectivity index (χ1) is 11.5.